The molecule has 0 aliphatic rings. The number of rotatable bonds is 5. The van der Waals surface area contributed by atoms with Crippen molar-refractivity contribution in [3.8, 4) is 5.75 Å². The van der Waals surface area contributed by atoms with E-state index in [0.29, 0.717) is 11.4 Å². The van der Waals surface area contributed by atoms with Gasteiger partial charge in [-0.25, -0.2) is 8.42 Å². The molecule has 4 nitrogen and oxygen atoms in total. The molecule has 0 saturated heterocycles. The summed E-state index contributed by atoms with van der Waals surface area (Å²) in [4.78, 5) is 0. The van der Waals surface area contributed by atoms with E-state index in [1.165, 1.54) is 0 Å². The van der Waals surface area contributed by atoms with Gasteiger partial charge in [0.2, 0.25) is 0 Å². The zero-order valence-electron chi connectivity index (χ0n) is 9.56. The SMILES string of the molecule is CCS(=O)(=O)CCOc1ccc(N)c(C)c1. The quantitative estimate of drug-likeness (QED) is 0.793. The van der Waals surface area contributed by atoms with Gasteiger partial charge in [0.1, 0.15) is 12.4 Å². The minimum atomic E-state index is -2.96. The van der Waals surface area contributed by atoms with Gasteiger partial charge in [-0.3, -0.25) is 0 Å². The lowest BCUT2D eigenvalue weighted by Gasteiger charge is -2.08. The predicted molar refractivity (Wildman–Crippen MR) is 65.4 cm³/mol. The highest BCUT2D eigenvalue weighted by molar-refractivity contribution is 7.91. The molecule has 90 valence electrons. The number of anilines is 1. The van der Waals surface area contributed by atoms with E-state index in [4.69, 9.17) is 10.5 Å². The van der Waals surface area contributed by atoms with Gasteiger partial charge in [-0.2, -0.15) is 0 Å². The molecule has 16 heavy (non-hydrogen) atoms. The highest BCUT2D eigenvalue weighted by atomic mass is 32.2. The molecule has 0 spiro atoms. The summed E-state index contributed by atoms with van der Waals surface area (Å²) in [6, 6.07) is 5.29. The zero-order chi connectivity index (χ0) is 12.2. The first-order valence-corrected chi connectivity index (χ1v) is 6.96. The van der Waals surface area contributed by atoms with Crippen LogP contribution in [0.3, 0.4) is 0 Å². The highest BCUT2D eigenvalue weighted by Gasteiger charge is 2.07. The first-order valence-electron chi connectivity index (χ1n) is 5.14. The van der Waals surface area contributed by atoms with E-state index in [1.54, 1.807) is 25.1 Å². The monoisotopic (exact) mass is 243 g/mol. The van der Waals surface area contributed by atoms with E-state index < -0.39 is 9.84 Å². The van der Waals surface area contributed by atoms with Crippen molar-refractivity contribution in [1.82, 2.24) is 0 Å². The third-order valence-corrected chi connectivity index (χ3v) is 4.01. The summed E-state index contributed by atoms with van der Waals surface area (Å²) in [6.07, 6.45) is 0. The molecule has 0 unspecified atom stereocenters. The summed E-state index contributed by atoms with van der Waals surface area (Å²) >= 11 is 0. The van der Waals surface area contributed by atoms with Crippen molar-refractivity contribution in [2.75, 3.05) is 23.8 Å². The standard InChI is InChI=1S/C11H17NO3S/c1-3-16(13,14)7-6-15-10-4-5-11(12)9(2)8-10/h4-5,8H,3,6-7,12H2,1-2H3. The van der Waals surface area contributed by atoms with Crippen LogP contribution in [0.25, 0.3) is 0 Å². The fourth-order valence-corrected chi connectivity index (χ4v) is 1.79. The van der Waals surface area contributed by atoms with Crippen molar-refractivity contribution in [3.63, 3.8) is 0 Å². The van der Waals surface area contributed by atoms with Crippen LogP contribution in [0.2, 0.25) is 0 Å². The van der Waals surface area contributed by atoms with Crippen molar-refractivity contribution >= 4 is 15.5 Å². The summed E-state index contributed by atoms with van der Waals surface area (Å²) in [7, 11) is -2.96. The third kappa shape index (κ3) is 3.73. The molecule has 0 saturated carbocycles. The average molecular weight is 243 g/mol. The Morgan fingerprint density at radius 1 is 1.38 bits per heavy atom. The first-order chi connectivity index (χ1) is 7.44. The maximum absolute atomic E-state index is 11.2. The van der Waals surface area contributed by atoms with E-state index in [1.807, 2.05) is 6.92 Å². The largest absolute Gasteiger partial charge is 0.493 e. The van der Waals surface area contributed by atoms with Crippen LogP contribution in [-0.2, 0) is 9.84 Å². The summed E-state index contributed by atoms with van der Waals surface area (Å²) in [5, 5.41) is 0. The van der Waals surface area contributed by atoms with E-state index >= 15 is 0 Å². The topological polar surface area (TPSA) is 69.4 Å². The molecule has 0 radical (unpaired) electrons. The number of hydrogen-bond donors (Lipinski definition) is 1. The van der Waals surface area contributed by atoms with E-state index in [9.17, 15) is 8.42 Å². The Labute approximate surface area is 96.3 Å². The second-order valence-electron chi connectivity index (χ2n) is 3.60. The van der Waals surface area contributed by atoms with Gasteiger partial charge in [0.05, 0.1) is 5.75 Å². The second kappa shape index (κ2) is 5.21. The van der Waals surface area contributed by atoms with Crippen LogP contribution in [-0.4, -0.2) is 26.5 Å². The van der Waals surface area contributed by atoms with Gasteiger partial charge in [-0.1, -0.05) is 6.92 Å². The molecule has 2 N–H and O–H groups in total. The van der Waals surface area contributed by atoms with Crippen LogP contribution < -0.4 is 10.5 Å². The second-order valence-corrected chi connectivity index (χ2v) is 6.08. The third-order valence-electron chi connectivity index (χ3n) is 2.34. The Morgan fingerprint density at radius 2 is 2.06 bits per heavy atom. The van der Waals surface area contributed by atoms with Gasteiger partial charge < -0.3 is 10.5 Å². The molecule has 1 aromatic carbocycles. The zero-order valence-corrected chi connectivity index (χ0v) is 10.4. The van der Waals surface area contributed by atoms with Crippen LogP contribution in [0.4, 0.5) is 5.69 Å². The lowest BCUT2D eigenvalue weighted by atomic mass is 10.2. The molecule has 0 atom stereocenters. The lowest BCUT2D eigenvalue weighted by molar-refractivity contribution is 0.341. The van der Waals surface area contributed by atoms with Crippen molar-refractivity contribution in [2.45, 2.75) is 13.8 Å². The summed E-state index contributed by atoms with van der Waals surface area (Å²) < 4.78 is 27.8. The van der Waals surface area contributed by atoms with Crippen molar-refractivity contribution in [2.24, 2.45) is 0 Å². The predicted octanol–water partition coefficient (Wildman–Crippen LogP) is 1.39. The smallest absolute Gasteiger partial charge is 0.153 e. The number of hydrogen-bond acceptors (Lipinski definition) is 4. The molecule has 0 aliphatic carbocycles. The number of benzene rings is 1. The molecule has 0 aromatic heterocycles. The van der Waals surface area contributed by atoms with Crippen LogP contribution in [0.15, 0.2) is 18.2 Å². The molecule has 0 fully saturated rings. The van der Waals surface area contributed by atoms with Gasteiger partial charge >= 0.3 is 0 Å². The normalized spacial score (nSPS) is 11.4. The number of nitrogens with two attached hydrogens (primary N) is 1. The molecular formula is C11H17NO3S. The first kappa shape index (κ1) is 12.8. The van der Waals surface area contributed by atoms with Crippen LogP contribution >= 0.6 is 0 Å². The lowest BCUT2D eigenvalue weighted by Crippen LogP contribution is -2.15. The Kier molecular flexibility index (Phi) is 4.18. The number of aryl methyl sites for hydroxylation is 1. The Hall–Kier alpha value is -1.23. The number of ether oxygens (including phenoxy) is 1. The molecule has 0 bridgehead atoms. The minimum absolute atomic E-state index is 0.0485. The Morgan fingerprint density at radius 3 is 2.62 bits per heavy atom. The molecule has 1 aromatic rings. The van der Waals surface area contributed by atoms with Crippen molar-refractivity contribution in [1.29, 1.82) is 0 Å². The molecule has 5 heteroatoms. The number of nitrogen functional groups attached to an aromatic ring is 1. The van der Waals surface area contributed by atoms with Gasteiger partial charge in [-0.15, -0.1) is 0 Å². The number of sulfone groups is 1. The maximum atomic E-state index is 11.2. The fraction of sp³-hybridized carbons (Fsp3) is 0.455. The molecule has 0 aliphatic heterocycles. The highest BCUT2D eigenvalue weighted by Crippen LogP contribution is 2.18. The summed E-state index contributed by atoms with van der Waals surface area (Å²) in [5.41, 5.74) is 7.29. The molecule has 1 rings (SSSR count). The van der Waals surface area contributed by atoms with E-state index in [-0.39, 0.29) is 18.1 Å². The van der Waals surface area contributed by atoms with E-state index in [2.05, 4.69) is 0 Å². The van der Waals surface area contributed by atoms with Gasteiger partial charge in [0.15, 0.2) is 9.84 Å². The fourth-order valence-electron chi connectivity index (χ4n) is 1.17. The van der Waals surface area contributed by atoms with Gasteiger partial charge in [0, 0.05) is 11.4 Å². The van der Waals surface area contributed by atoms with Crippen LogP contribution in [0.5, 0.6) is 5.75 Å². The van der Waals surface area contributed by atoms with Crippen molar-refractivity contribution < 1.29 is 13.2 Å². The average Bonchev–Trinajstić information content (AvgIpc) is 2.23. The van der Waals surface area contributed by atoms with E-state index in [0.717, 1.165) is 5.56 Å². The van der Waals surface area contributed by atoms with Crippen LogP contribution in [0, 0.1) is 6.92 Å². The minimum Gasteiger partial charge on any atom is -0.493 e. The van der Waals surface area contributed by atoms with Crippen LogP contribution in [0.1, 0.15) is 12.5 Å². The molecule has 0 heterocycles. The summed E-state index contributed by atoms with van der Waals surface area (Å²) in [6.45, 7) is 3.69. The summed E-state index contributed by atoms with van der Waals surface area (Å²) in [5.74, 6) is 0.849. The van der Waals surface area contributed by atoms with Crippen molar-refractivity contribution in [3.05, 3.63) is 23.8 Å². The van der Waals surface area contributed by atoms with Gasteiger partial charge in [0.25, 0.3) is 0 Å². The molecular weight excluding hydrogens is 226 g/mol. The Balaban J connectivity index is 2.53. The Bertz CT molecular complexity index is 454. The molecule has 0 amide bonds. The van der Waals surface area contributed by atoms with Gasteiger partial charge in [-0.05, 0) is 30.7 Å². The maximum Gasteiger partial charge on any atom is 0.153 e.